The number of rotatable bonds is 8. The molecule has 8 nitrogen and oxygen atoms in total. The molecule has 1 atom stereocenters. The fourth-order valence-corrected chi connectivity index (χ4v) is 3.60. The Bertz CT molecular complexity index is 674. The van der Waals surface area contributed by atoms with Crippen molar-refractivity contribution < 1.29 is 19.1 Å². The highest BCUT2D eigenvalue weighted by Crippen LogP contribution is 2.08. The van der Waals surface area contributed by atoms with Crippen molar-refractivity contribution in [2.24, 2.45) is 0 Å². The Hall–Kier alpha value is -2.26. The first kappa shape index (κ1) is 23.0. The molecule has 0 saturated carbocycles. The molecular formula is C20H30N4O4S. The second-order valence-electron chi connectivity index (χ2n) is 6.84. The third-order valence-electron chi connectivity index (χ3n) is 4.69. The van der Waals surface area contributed by atoms with E-state index in [9.17, 15) is 14.4 Å². The molecule has 29 heavy (non-hydrogen) atoms. The van der Waals surface area contributed by atoms with Gasteiger partial charge in [0, 0.05) is 31.9 Å². The average Bonchev–Trinajstić information content (AvgIpc) is 2.96. The Kier molecular flexibility index (Phi) is 9.79. The van der Waals surface area contributed by atoms with Crippen LogP contribution in [0, 0.1) is 0 Å². The van der Waals surface area contributed by atoms with Crippen molar-refractivity contribution in [3.8, 4) is 0 Å². The van der Waals surface area contributed by atoms with Crippen LogP contribution < -0.4 is 10.6 Å². The predicted molar refractivity (Wildman–Crippen MR) is 115 cm³/mol. The Morgan fingerprint density at radius 3 is 2.59 bits per heavy atom. The largest absolute Gasteiger partial charge is 0.467 e. The second kappa shape index (κ2) is 12.3. The van der Waals surface area contributed by atoms with E-state index in [-0.39, 0.29) is 18.5 Å². The van der Waals surface area contributed by atoms with E-state index in [1.165, 1.54) is 7.11 Å². The van der Waals surface area contributed by atoms with E-state index in [2.05, 4.69) is 10.6 Å². The molecule has 0 aromatic heterocycles. The SMILES string of the molecule is COC(=O)C(CCSC)NC(=O)N1CCCN(CC(=O)Nc2ccccc2)CC1. The first-order valence-electron chi connectivity index (χ1n) is 9.73. The number of hydrogen-bond donors (Lipinski definition) is 2. The molecule has 2 rings (SSSR count). The fraction of sp³-hybridized carbons (Fsp3) is 0.550. The van der Waals surface area contributed by atoms with Gasteiger partial charge in [0.15, 0.2) is 0 Å². The number of benzene rings is 1. The second-order valence-corrected chi connectivity index (χ2v) is 7.82. The number of esters is 1. The highest BCUT2D eigenvalue weighted by Gasteiger charge is 2.25. The first-order chi connectivity index (χ1) is 14.0. The smallest absolute Gasteiger partial charge is 0.328 e. The summed E-state index contributed by atoms with van der Waals surface area (Å²) in [5, 5.41) is 5.67. The summed E-state index contributed by atoms with van der Waals surface area (Å²) < 4.78 is 4.80. The van der Waals surface area contributed by atoms with Crippen molar-refractivity contribution in [1.29, 1.82) is 0 Å². The van der Waals surface area contributed by atoms with Gasteiger partial charge < -0.3 is 20.3 Å². The lowest BCUT2D eigenvalue weighted by Crippen LogP contribution is -2.49. The predicted octanol–water partition coefficient (Wildman–Crippen LogP) is 1.64. The molecule has 1 aliphatic heterocycles. The van der Waals surface area contributed by atoms with Crippen molar-refractivity contribution >= 4 is 35.4 Å². The van der Waals surface area contributed by atoms with E-state index in [1.54, 1.807) is 16.7 Å². The molecule has 0 radical (unpaired) electrons. The van der Waals surface area contributed by atoms with Crippen molar-refractivity contribution in [2.45, 2.75) is 18.9 Å². The lowest BCUT2D eigenvalue weighted by atomic mass is 10.2. The normalized spacial score (nSPS) is 15.9. The number of carbonyl (C=O) groups is 3. The number of thioether (sulfide) groups is 1. The van der Waals surface area contributed by atoms with Crippen LogP contribution in [0.3, 0.4) is 0 Å². The maximum atomic E-state index is 12.6. The highest BCUT2D eigenvalue weighted by molar-refractivity contribution is 7.98. The highest BCUT2D eigenvalue weighted by atomic mass is 32.2. The number of urea groups is 1. The standard InChI is InChI=1S/C20H30N4O4S/c1-28-19(26)17(9-14-29-2)22-20(27)24-11-6-10-23(12-13-24)15-18(25)21-16-7-4-3-5-8-16/h3-5,7-8,17H,6,9-15H2,1-2H3,(H,21,25)(H,22,27). The van der Waals surface area contributed by atoms with Gasteiger partial charge in [-0.2, -0.15) is 11.8 Å². The van der Waals surface area contributed by atoms with Crippen LogP contribution in [0.2, 0.25) is 0 Å². The average molecular weight is 423 g/mol. The topological polar surface area (TPSA) is 91.0 Å². The minimum absolute atomic E-state index is 0.0723. The van der Waals surface area contributed by atoms with E-state index in [4.69, 9.17) is 4.74 Å². The molecule has 1 saturated heterocycles. The van der Waals surface area contributed by atoms with E-state index in [0.29, 0.717) is 26.1 Å². The Morgan fingerprint density at radius 2 is 1.90 bits per heavy atom. The molecule has 2 N–H and O–H groups in total. The maximum absolute atomic E-state index is 12.6. The molecule has 3 amide bonds. The maximum Gasteiger partial charge on any atom is 0.328 e. The van der Waals surface area contributed by atoms with Crippen LogP contribution in [0.1, 0.15) is 12.8 Å². The summed E-state index contributed by atoms with van der Waals surface area (Å²) >= 11 is 1.61. The molecule has 1 aromatic carbocycles. The lowest BCUT2D eigenvalue weighted by Gasteiger charge is -2.24. The molecule has 1 fully saturated rings. The van der Waals surface area contributed by atoms with Crippen LogP contribution in [0.25, 0.3) is 0 Å². The number of anilines is 1. The zero-order valence-electron chi connectivity index (χ0n) is 17.1. The van der Waals surface area contributed by atoms with Crippen LogP contribution in [0.5, 0.6) is 0 Å². The van der Waals surface area contributed by atoms with Gasteiger partial charge >= 0.3 is 12.0 Å². The van der Waals surface area contributed by atoms with Gasteiger partial charge in [0.1, 0.15) is 6.04 Å². The van der Waals surface area contributed by atoms with Crippen LogP contribution in [-0.4, -0.2) is 85.6 Å². The third kappa shape index (κ3) is 7.94. The van der Waals surface area contributed by atoms with Gasteiger partial charge in [-0.05, 0) is 37.0 Å². The number of methoxy groups -OCH3 is 1. The zero-order chi connectivity index (χ0) is 21.1. The van der Waals surface area contributed by atoms with Crippen LogP contribution in [-0.2, 0) is 14.3 Å². The molecule has 1 heterocycles. The van der Waals surface area contributed by atoms with E-state index in [1.807, 2.05) is 41.5 Å². The summed E-state index contributed by atoms with van der Waals surface area (Å²) in [6.07, 6.45) is 3.24. The molecule has 160 valence electrons. The minimum atomic E-state index is -0.643. The first-order valence-corrected chi connectivity index (χ1v) is 11.1. The van der Waals surface area contributed by atoms with Crippen LogP contribution in [0.15, 0.2) is 30.3 Å². The summed E-state index contributed by atoms with van der Waals surface area (Å²) in [7, 11) is 1.32. The lowest BCUT2D eigenvalue weighted by molar-refractivity contribution is -0.142. The molecule has 1 aliphatic rings. The van der Waals surface area contributed by atoms with E-state index in [0.717, 1.165) is 24.4 Å². The van der Waals surface area contributed by atoms with Crippen molar-refractivity contribution in [3.63, 3.8) is 0 Å². The van der Waals surface area contributed by atoms with Gasteiger partial charge in [-0.15, -0.1) is 0 Å². The Labute approximate surface area is 176 Å². The van der Waals surface area contributed by atoms with Crippen LogP contribution in [0.4, 0.5) is 10.5 Å². The van der Waals surface area contributed by atoms with Crippen molar-refractivity contribution in [3.05, 3.63) is 30.3 Å². The van der Waals surface area contributed by atoms with Gasteiger partial charge in [-0.1, -0.05) is 18.2 Å². The molecule has 0 bridgehead atoms. The van der Waals surface area contributed by atoms with Gasteiger partial charge in [0.25, 0.3) is 0 Å². The van der Waals surface area contributed by atoms with Crippen molar-refractivity contribution in [1.82, 2.24) is 15.1 Å². The summed E-state index contributed by atoms with van der Waals surface area (Å²) in [6, 6.07) is 8.43. The zero-order valence-corrected chi connectivity index (χ0v) is 17.9. The molecule has 1 aromatic rings. The molecule has 0 spiro atoms. The quantitative estimate of drug-likeness (QED) is 0.619. The fourth-order valence-electron chi connectivity index (χ4n) is 3.12. The molecule has 9 heteroatoms. The number of carbonyl (C=O) groups excluding carboxylic acids is 3. The Balaban J connectivity index is 1.82. The molecule has 1 unspecified atom stereocenters. The van der Waals surface area contributed by atoms with Gasteiger partial charge in [0.2, 0.25) is 5.91 Å². The molecule has 0 aliphatic carbocycles. The monoisotopic (exact) mass is 422 g/mol. The third-order valence-corrected chi connectivity index (χ3v) is 5.34. The summed E-state index contributed by atoms with van der Waals surface area (Å²) in [6.45, 7) is 2.70. The number of ether oxygens (including phenoxy) is 1. The molecular weight excluding hydrogens is 392 g/mol. The number of hydrogen-bond acceptors (Lipinski definition) is 6. The van der Waals surface area contributed by atoms with Crippen molar-refractivity contribution in [2.75, 3.05) is 57.2 Å². The van der Waals surface area contributed by atoms with Gasteiger partial charge in [-0.25, -0.2) is 9.59 Å². The number of nitrogens with zero attached hydrogens (tertiary/aromatic N) is 2. The number of nitrogens with one attached hydrogen (secondary N) is 2. The summed E-state index contributed by atoms with van der Waals surface area (Å²) in [4.78, 5) is 40.5. The van der Waals surface area contributed by atoms with Crippen LogP contribution >= 0.6 is 11.8 Å². The van der Waals surface area contributed by atoms with Gasteiger partial charge in [0.05, 0.1) is 13.7 Å². The van der Waals surface area contributed by atoms with E-state index >= 15 is 0 Å². The summed E-state index contributed by atoms with van der Waals surface area (Å²) in [5.74, 6) is 0.253. The Morgan fingerprint density at radius 1 is 1.14 bits per heavy atom. The van der Waals surface area contributed by atoms with E-state index < -0.39 is 12.0 Å². The number of para-hydroxylation sites is 1. The number of amides is 3. The van der Waals surface area contributed by atoms with Gasteiger partial charge in [-0.3, -0.25) is 9.69 Å². The minimum Gasteiger partial charge on any atom is -0.467 e. The summed E-state index contributed by atoms with van der Waals surface area (Å²) in [5.41, 5.74) is 0.771.